The van der Waals surface area contributed by atoms with E-state index in [1.165, 1.54) is 23.5 Å². The Morgan fingerprint density at radius 2 is 2.10 bits per heavy atom. The van der Waals surface area contributed by atoms with E-state index in [2.05, 4.69) is 10.3 Å². The van der Waals surface area contributed by atoms with Gasteiger partial charge < -0.3 is 10.4 Å². The molecule has 0 aliphatic rings. The van der Waals surface area contributed by atoms with E-state index in [9.17, 15) is 14.3 Å². The molecule has 106 valence electrons. The van der Waals surface area contributed by atoms with Crippen LogP contribution < -0.4 is 5.32 Å². The third-order valence-corrected chi connectivity index (χ3v) is 3.98. The van der Waals surface area contributed by atoms with E-state index in [0.717, 1.165) is 4.70 Å². The summed E-state index contributed by atoms with van der Waals surface area (Å²) in [5.74, 6) is -0.588. The minimum Gasteiger partial charge on any atom is -0.508 e. The van der Waals surface area contributed by atoms with Gasteiger partial charge in [-0.15, -0.1) is 11.3 Å². The topological polar surface area (TPSA) is 62.2 Å². The van der Waals surface area contributed by atoms with Gasteiger partial charge in [-0.3, -0.25) is 4.79 Å². The van der Waals surface area contributed by atoms with Gasteiger partial charge in [-0.05, 0) is 24.3 Å². The summed E-state index contributed by atoms with van der Waals surface area (Å²) in [6.45, 7) is 0.104. The molecule has 3 aromatic rings. The molecule has 2 N–H and O–H groups in total. The molecule has 4 nitrogen and oxygen atoms in total. The molecule has 0 spiro atoms. The highest BCUT2D eigenvalue weighted by atomic mass is 32.1. The lowest BCUT2D eigenvalue weighted by Crippen LogP contribution is -2.23. The Kier molecular flexibility index (Phi) is 3.53. The van der Waals surface area contributed by atoms with E-state index in [4.69, 9.17) is 0 Å². The maximum absolute atomic E-state index is 13.5. The molecule has 1 aromatic heterocycles. The normalized spacial score (nSPS) is 10.7. The number of aromatic hydroxyl groups is 1. The van der Waals surface area contributed by atoms with Crippen LogP contribution in [0.25, 0.3) is 10.2 Å². The molecule has 2 aromatic carbocycles. The standard InChI is InChI=1S/C15H11FN2O2S/c16-11-4-2-1-3-9(11)8-17-14(20)15-18-12-6-5-10(19)7-13(12)21-15/h1-7,19H,8H2,(H,17,20). The lowest BCUT2D eigenvalue weighted by atomic mass is 10.2. The SMILES string of the molecule is O=C(NCc1ccccc1F)c1nc2ccc(O)cc2s1. The van der Waals surface area contributed by atoms with Gasteiger partial charge in [0, 0.05) is 12.1 Å². The second-order valence-corrected chi connectivity index (χ2v) is 5.48. The molecular formula is C15H11FN2O2S. The van der Waals surface area contributed by atoms with E-state index in [-0.39, 0.29) is 29.0 Å². The van der Waals surface area contributed by atoms with E-state index in [1.807, 2.05) is 0 Å². The van der Waals surface area contributed by atoms with Gasteiger partial charge in [0.05, 0.1) is 10.2 Å². The Balaban J connectivity index is 1.76. The monoisotopic (exact) mass is 302 g/mol. The van der Waals surface area contributed by atoms with Crippen LogP contribution in [0.5, 0.6) is 5.75 Å². The molecule has 21 heavy (non-hydrogen) atoms. The van der Waals surface area contributed by atoms with Crippen molar-refractivity contribution in [2.24, 2.45) is 0 Å². The largest absolute Gasteiger partial charge is 0.508 e. The molecule has 1 heterocycles. The maximum atomic E-state index is 13.5. The van der Waals surface area contributed by atoms with Crippen LogP contribution in [0, 0.1) is 5.82 Å². The highest BCUT2D eigenvalue weighted by molar-refractivity contribution is 7.20. The lowest BCUT2D eigenvalue weighted by molar-refractivity contribution is 0.0950. The van der Waals surface area contributed by atoms with Crippen LogP contribution in [0.3, 0.4) is 0 Å². The quantitative estimate of drug-likeness (QED) is 0.781. The summed E-state index contributed by atoms with van der Waals surface area (Å²) < 4.78 is 14.2. The van der Waals surface area contributed by atoms with Crippen molar-refractivity contribution < 1.29 is 14.3 Å². The van der Waals surface area contributed by atoms with Gasteiger partial charge in [0.2, 0.25) is 0 Å². The first kappa shape index (κ1) is 13.5. The van der Waals surface area contributed by atoms with Gasteiger partial charge in [-0.2, -0.15) is 0 Å². The number of phenolic OH excluding ortho intramolecular Hbond substituents is 1. The Morgan fingerprint density at radius 3 is 2.90 bits per heavy atom. The molecule has 0 aliphatic carbocycles. The zero-order valence-electron chi connectivity index (χ0n) is 10.8. The minimum atomic E-state index is -0.362. The third-order valence-electron chi connectivity index (χ3n) is 2.96. The van der Waals surface area contributed by atoms with Crippen LogP contribution in [0.2, 0.25) is 0 Å². The van der Waals surface area contributed by atoms with Gasteiger partial charge in [0.25, 0.3) is 5.91 Å². The van der Waals surface area contributed by atoms with Gasteiger partial charge >= 0.3 is 0 Å². The number of phenols is 1. The fourth-order valence-electron chi connectivity index (χ4n) is 1.90. The molecule has 0 unspecified atom stereocenters. The second-order valence-electron chi connectivity index (χ2n) is 4.45. The number of aromatic nitrogens is 1. The van der Waals surface area contributed by atoms with Crippen LogP contribution >= 0.6 is 11.3 Å². The number of nitrogens with zero attached hydrogens (tertiary/aromatic N) is 1. The summed E-state index contributed by atoms with van der Waals surface area (Å²) in [5, 5.41) is 12.3. The Bertz CT molecular complexity index is 816. The Morgan fingerprint density at radius 1 is 1.29 bits per heavy atom. The van der Waals surface area contributed by atoms with Crippen LogP contribution in [0.1, 0.15) is 15.4 Å². The summed E-state index contributed by atoms with van der Waals surface area (Å²) in [5.41, 5.74) is 1.07. The second kappa shape index (κ2) is 5.49. The third kappa shape index (κ3) is 2.85. The van der Waals surface area contributed by atoms with E-state index in [0.29, 0.717) is 11.1 Å². The number of rotatable bonds is 3. The molecule has 0 fully saturated rings. The minimum absolute atomic E-state index is 0.104. The van der Waals surface area contributed by atoms with Gasteiger partial charge in [-0.25, -0.2) is 9.37 Å². The van der Waals surface area contributed by atoms with E-state index in [1.54, 1.807) is 30.3 Å². The van der Waals surface area contributed by atoms with Gasteiger partial charge in [0.15, 0.2) is 5.01 Å². The zero-order chi connectivity index (χ0) is 14.8. The number of hydrogen-bond acceptors (Lipinski definition) is 4. The van der Waals surface area contributed by atoms with Crippen LogP contribution in [-0.4, -0.2) is 16.0 Å². The highest BCUT2D eigenvalue weighted by Gasteiger charge is 2.13. The lowest BCUT2D eigenvalue weighted by Gasteiger charge is -2.04. The number of carbonyl (C=O) groups is 1. The fraction of sp³-hybridized carbons (Fsp3) is 0.0667. The van der Waals surface area contributed by atoms with Crippen molar-refractivity contribution in [3.8, 4) is 5.75 Å². The maximum Gasteiger partial charge on any atom is 0.280 e. The van der Waals surface area contributed by atoms with E-state index < -0.39 is 0 Å². The fourth-order valence-corrected chi connectivity index (χ4v) is 2.82. The number of carbonyl (C=O) groups excluding carboxylic acids is 1. The number of thiazole rings is 1. The first-order valence-electron chi connectivity index (χ1n) is 6.24. The van der Waals surface area contributed by atoms with Crippen molar-refractivity contribution in [1.29, 1.82) is 0 Å². The smallest absolute Gasteiger partial charge is 0.280 e. The van der Waals surface area contributed by atoms with Crippen molar-refractivity contribution in [3.63, 3.8) is 0 Å². The number of fused-ring (bicyclic) bond motifs is 1. The number of halogens is 1. The predicted octanol–water partition coefficient (Wildman–Crippen LogP) is 3.07. The van der Waals surface area contributed by atoms with Gasteiger partial charge in [0.1, 0.15) is 11.6 Å². The van der Waals surface area contributed by atoms with Crippen molar-refractivity contribution in [1.82, 2.24) is 10.3 Å². The number of hydrogen-bond donors (Lipinski definition) is 2. The first-order valence-corrected chi connectivity index (χ1v) is 7.06. The van der Waals surface area contributed by atoms with Crippen molar-refractivity contribution in [2.75, 3.05) is 0 Å². The summed E-state index contributed by atoms with van der Waals surface area (Å²) in [6.07, 6.45) is 0. The molecule has 6 heteroatoms. The van der Waals surface area contributed by atoms with Crippen LogP contribution in [0.15, 0.2) is 42.5 Å². The highest BCUT2D eigenvalue weighted by Crippen LogP contribution is 2.25. The van der Waals surface area contributed by atoms with Gasteiger partial charge in [-0.1, -0.05) is 18.2 Å². The molecule has 0 saturated heterocycles. The van der Waals surface area contributed by atoms with E-state index >= 15 is 0 Å². The van der Waals surface area contributed by atoms with Crippen LogP contribution in [0.4, 0.5) is 4.39 Å². The van der Waals surface area contributed by atoms with Crippen molar-refractivity contribution >= 4 is 27.5 Å². The molecule has 0 atom stereocenters. The Labute approximate surface area is 123 Å². The summed E-state index contributed by atoms with van der Waals surface area (Å²) in [7, 11) is 0. The van der Waals surface area contributed by atoms with Crippen molar-refractivity contribution in [3.05, 3.63) is 58.9 Å². The zero-order valence-corrected chi connectivity index (χ0v) is 11.7. The average molecular weight is 302 g/mol. The average Bonchev–Trinajstić information content (AvgIpc) is 2.89. The molecule has 0 radical (unpaired) electrons. The summed E-state index contributed by atoms with van der Waals surface area (Å²) >= 11 is 1.18. The molecule has 0 saturated carbocycles. The number of nitrogens with one attached hydrogen (secondary N) is 1. The molecule has 0 aliphatic heterocycles. The molecule has 3 rings (SSSR count). The summed E-state index contributed by atoms with van der Waals surface area (Å²) in [6, 6.07) is 11.0. The van der Waals surface area contributed by atoms with Crippen LogP contribution in [-0.2, 0) is 6.54 Å². The molecule has 1 amide bonds. The number of amides is 1. The molecular weight excluding hydrogens is 291 g/mol. The predicted molar refractivity (Wildman–Crippen MR) is 78.9 cm³/mol. The molecule has 0 bridgehead atoms. The first-order chi connectivity index (χ1) is 10.1. The Hall–Kier alpha value is -2.47. The summed E-state index contributed by atoms with van der Waals surface area (Å²) in [4.78, 5) is 16.2. The number of benzene rings is 2. The van der Waals surface area contributed by atoms with Crippen molar-refractivity contribution in [2.45, 2.75) is 6.54 Å².